The van der Waals surface area contributed by atoms with E-state index in [-0.39, 0.29) is 11.6 Å². The van der Waals surface area contributed by atoms with Crippen molar-refractivity contribution in [3.63, 3.8) is 0 Å². The second-order valence-corrected chi connectivity index (χ2v) is 6.09. The lowest BCUT2D eigenvalue weighted by Crippen LogP contribution is -2.19. The molecule has 4 heteroatoms. The molecule has 0 saturated heterocycles. The number of methoxy groups -OCH3 is 1. The molecule has 1 atom stereocenters. The van der Waals surface area contributed by atoms with Crippen LogP contribution in [0.15, 0.2) is 36.4 Å². The molecule has 3 nitrogen and oxygen atoms in total. The highest BCUT2D eigenvalue weighted by atomic mass is 19.1. The molecule has 0 aliphatic heterocycles. The molecule has 2 aromatic carbocycles. The van der Waals surface area contributed by atoms with E-state index >= 15 is 0 Å². The van der Waals surface area contributed by atoms with Crippen LogP contribution in [0.4, 0.5) is 15.8 Å². The van der Waals surface area contributed by atoms with E-state index in [1.807, 2.05) is 11.9 Å². The standard InChI is InChI=1S/C19H23FN2O/c1-22(16-7-9-18(20)19(11-16)23-2)15-6-8-17-13(10-15)4-3-5-14(17)12-21/h6-11,14H,3-5,12,21H2,1-2H3/t14-/m0/s1. The zero-order valence-corrected chi connectivity index (χ0v) is 13.7. The second-order valence-electron chi connectivity index (χ2n) is 6.09. The smallest absolute Gasteiger partial charge is 0.165 e. The number of aryl methyl sites for hydroxylation is 1. The summed E-state index contributed by atoms with van der Waals surface area (Å²) in [5.74, 6) is 0.389. The Morgan fingerprint density at radius 2 is 1.96 bits per heavy atom. The minimum Gasteiger partial charge on any atom is -0.494 e. The third kappa shape index (κ3) is 3.04. The van der Waals surface area contributed by atoms with Gasteiger partial charge in [0.15, 0.2) is 11.6 Å². The Bertz CT molecular complexity index is 702. The number of benzene rings is 2. The average molecular weight is 314 g/mol. The molecule has 122 valence electrons. The van der Waals surface area contributed by atoms with Crippen molar-refractivity contribution in [2.24, 2.45) is 5.73 Å². The van der Waals surface area contributed by atoms with Crippen molar-refractivity contribution in [3.05, 3.63) is 53.3 Å². The van der Waals surface area contributed by atoms with Crippen molar-refractivity contribution >= 4 is 11.4 Å². The lowest BCUT2D eigenvalue weighted by Gasteiger charge is -2.27. The van der Waals surface area contributed by atoms with E-state index in [9.17, 15) is 4.39 Å². The number of hydrogen-bond acceptors (Lipinski definition) is 3. The molecule has 0 fully saturated rings. The van der Waals surface area contributed by atoms with Crippen LogP contribution in [0.1, 0.15) is 29.9 Å². The van der Waals surface area contributed by atoms with E-state index in [1.165, 1.54) is 37.1 Å². The van der Waals surface area contributed by atoms with Crippen LogP contribution in [-0.2, 0) is 6.42 Å². The number of anilines is 2. The van der Waals surface area contributed by atoms with Gasteiger partial charge in [-0.1, -0.05) is 6.07 Å². The molecular weight excluding hydrogens is 291 g/mol. The monoisotopic (exact) mass is 314 g/mol. The Morgan fingerprint density at radius 1 is 1.22 bits per heavy atom. The minimum atomic E-state index is -0.346. The van der Waals surface area contributed by atoms with Gasteiger partial charge in [0.2, 0.25) is 0 Å². The first-order chi connectivity index (χ1) is 11.1. The summed E-state index contributed by atoms with van der Waals surface area (Å²) < 4.78 is 18.7. The normalized spacial score (nSPS) is 16.8. The number of hydrogen-bond donors (Lipinski definition) is 1. The summed E-state index contributed by atoms with van der Waals surface area (Å²) >= 11 is 0. The first-order valence-electron chi connectivity index (χ1n) is 8.04. The summed E-state index contributed by atoms with van der Waals surface area (Å²) in [6.07, 6.45) is 3.46. The summed E-state index contributed by atoms with van der Waals surface area (Å²) in [5, 5.41) is 0. The van der Waals surface area contributed by atoms with Gasteiger partial charge in [-0.15, -0.1) is 0 Å². The van der Waals surface area contributed by atoms with Gasteiger partial charge in [-0.05, 0) is 67.1 Å². The molecule has 0 bridgehead atoms. The van der Waals surface area contributed by atoms with Crippen LogP contribution in [0.2, 0.25) is 0 Å². The molecule has 1 aliphatic rings. The minimum absolute atomic E-state index is 0.260. The summed E-state index contributed by atoms with van der Waals surface area (Å²) in [5.41, 5.74) is 10.6. The van der Waals surface area contributed by atoms with E-state index in [0.717, 1.165) is 17.8 Å². The molecule has 3 rings (SSSR count). The first-order valence-corrected chi connectivity index (χ1v) is 8.04. The second kappa shape index (κ2) is 6.59. The molecule has 0 heterocycles. The number of ether oxygens (including phenoxy) is 1. The number of nitrogens with zero attached hydrogens (tertiary/aromatic N) is 1. The van der Waals surface area contributed by atoms with Crippen molar-refractivity contribution in [3.8, 4) is 5.75 Å². The van der Waals surface area contributed by atoms with Crippen LogP contribution in [0.5, 0.6) is 5.75 Å². The Balaban J connectivity index is 1.92. The third-order valence-corrected chi connectivity index (χ3v) is 4.76. The van der Waals surface area contributed by atoms with Crippen LogP contribution in [0.3, 0.4) is 0 Å². The maximum atomic E-state index is 13.6. The maximum absolute atomic E-state index is 13.6. The van der Waals surface area contributed by atoms with Crippen molar-refractivity contribution in [2.45, 2.75) is 25.2 Å². The predicted octanol–water partition coefficient (Wildman–Crippen LogP) is 3.98. The average Bonchev–Trinajstić information content (AvgIpc) is 2.60. The van der Waals surface area contributed by atoms with Crippen molar-refractivity contribution in [1.82, 2.24) is 0 Å². The zero-order valence-electron chi connectivity index (χ0n) is 13.7. The topological polar surface area (TPSA) is 38.5 Å². The number of fused-ring (bicyclic) bond motifs is 1. The van der Waals surface area contributed by atoms with E-state index in [2.05, 4.69) is 18.2 Å². The van der Waals surface area contributed by atoms with Gasteiger partial charge < -0.3 is 15.4 Å². The Morgan fingerprint density at radius 3 is 2.70 bits per heavy atom. The van der Waals surface area contributed by atoms with E-state index < -0.39 is 0 Å². The van der Waals surface area contributed by atoms with Gasteiger partial charge in [-0.2, -0.15) is 0 Å². The first kappa shape index (κ1) is 15.8. The van der Waals surface area contributed by atoms with Gasteiger partial charge in [0.25, 0.3) is 0 Å². The molecule has 1 aliphatic carbocycles. The van der Waals surface area contributed by atoms with Crippen LogP contribution in [0, 0.1) is 5.82 Å². The van der Waals surface area contributed by atoms with Crippen molar-refractivity contribution in [1.29, 1.82) is 0 Å². The molecule has 0 saturated carbocycles. The van der Waals surface area contributed by atoms with Crippen LogP contribution in [0.25, 0.3) is 0 Å². The van der Waals surface area contributed by atoms with E-state index in [0.29, 0.717) is 12.5 Å². The van der Waals surface area contributed by atoms with Crippen LogP contribution < -0.4 is 15.4 Å². The molecular formula is C19H23FN2O. The maximum Gasteiger partial charge on any atom is 0.165 e. The summed E-state index contributed by atoms with van der Waals surface area (Å²) in [7, 11) is 3.46. The number of rotatable bonds is 4. The van der Waals surface area contributed by atoms with E-state index in [1.54, 1.807) is 12.1 Å². The van der Waals surface area contributed by atoms with Crippen LogP contribution >= 0.6 is 0 Å². The lowest BCUT2D eigenvalue weighted by atomic mass is 9.82. The zero-order chi connectivity index (χ0) is 16.4. The van der Waals surface area contributed by atoms with Gasteiger partial charge in [0, 0.05) is 24.5 Å². The molecule has 2 aromatic rings. The molecule has 23 heavy (non-hydrogen) atoms. The van der Waals surface area contributed by atoms with Gasteiger partial charge in [-0.25, -0.2) is 4.39 Å². The molecule has 0 aromatic heterocycles. The molecule has 0 amide bonds. The predicted molar refractivity (Wildman–Crippen MR) is 92.2 cm³/mol. The number of nitrogens with two attached hydrogens (primary N) is 1. The Hall–Kier alpha value is -2.07. The lowest BCUT2D eigenvalue weighted by molar-refractivity contribution is 0.386. The fourth-order valence-corrected chi connectivity index (χ4v) is 3.36. The molecule has 2 N–H and O–H groups in total. The molecule has 0 radical (unpaired) electrons. The summed E-state index contributed by atoms with van der Waals surface area (Å²) in [6.45, 7) is 0.706. The highest BCUT2D eigenvalue weighted by Gasteiger charge is 2.20. The van der Waals surface area contributed by atoms with Crippen molar-refractivity contribution < 1.29 is 9.13 Å². The van der Waals surface area contributed by atoms with E-state index in [4.69, 9.17) is 10.5 Å². The highest BCUT2D eigenvalue weighted by molar-refractivity contribution is 5.65. The van der Waals surface area contributed by atoms with Gasteiger partial charge in [0.05, 0.1) is 7.11 Å². The Labute approximate surface area is 136 Å². The molecule has 0 unspecified atom stereocenters. The van der Waals surface area contributed by atoms with Crippen molar-refractivity contribution in [2.75, 3.05) is 25.6 Å². The van der Waals surface area contributed by atoms with Gasteiger partial charge in [-0.3, -0.25) is 0 Å². The number of halogens is 1. The highest BCUT2D eigenvalue weighted by Crippen LogP contribution is 2.35. The van der Waals surface area contributed by atoms with Gasteiger partial charge >= 0.3 is 0 Å². The SMILES string of the molecule is COc1cc(N(C)c2ccc3c(c2)CCC[C@H]3CN)ccc1F. The fraction of sp³-hybridized carbons (Fsp3) is 0.368. The molecule has 0 spiro atoms. The summed E-state index contributed by atoms with van der Waals surface area (Å²) in [4.78, 5) is 2.05. The third-order valence-electron chi connectivity index (χ3n) is 4.76. The largest absolute Gasteiger partial charge is 0.494 e. The van der Waals surface area contributed by atoms with Crippen LogP contribution in [-0.4, -0.2) is 20.7 Å². The van der Waals surface area contributed by atoms with Gasteiger partial charge in [0.1, 0.15) is 0 Å². The Kier molecular flexibility index (Phi) is 4.53. The fourth-order valence-electron chi connectivity index (χ4n) is 3.36. The quantitative estimate of drug-likeness (QED) is 0.927. The summed E-state index contributed by atoms with van der Waals surface area (Å²) in [6, 6.07) is 11.5.